The van der Waals surface area contributed by atoms with Gasteiger partial charge in [-0.15, -0.1) is 0 Å². The van der Waals surface area contributed by atoms with Gasteiger partial charge in [0.05, 0.1) is 7.11 Å². The molecule has 0 fully saturated rings. The molecule has 0 saturated carbocycles. The van der Waals surface area contributed by atoms with Crippen LogP contribution in [0.3, 0.4) is 0 Å². The van der Waals surface area contributed by atoms with Gasteiger partial charge >= 0.3 is 0 Å². The lowest BCUT2D eigenvalue weighted by atomic mass is 10.1. The molecule has 0 atom stereocenters. The molecule has 1 heterocycles. The Bertz CT molecular complexity index is 450. The summed E-state index contributed by atoms with van der Waals surface area (Å²) in [5.74, 6) is 6.14. The molecule has 4 nitrogen and oxygen atoms in total. The minimum atomic E-state index is 0.768. The van der Waals surface area contributed by atoms with Crippen LogP contribution in [0.15, 0.2) is 24.4 Å². The molecule has 15 heavy (non-hydrogen) atoms. The lowest BCUT2D eigenvalue weighted by molar-refractivity contribution is 0.415. The van der Waals surface area contributed by atoms with Crippen LogP contribution in [0.2, 0.25) is 0 Å². The average Bonchev–Trinajstić information content (AvgIpc) is 2.68. The zero-order valence-electron chi connectivity index (χ0n) is 8.71. The quantitative estimate of drug-likeness (QED) is 0.519. The molecule has 0 saturated heterocycles. The van der Waals surface area contributed by atoms with E-state index >= 15 is 0 Å². The second-order valence-electron chi connectivity index (χ2n) is 3.43. The summed E-state index contributed by atoms with van der Waals surface area (Å²) in [6.07, 6.45) is 2.92. The van der Waals surface area contributed by atoms with Crippen LogP contribution in [0, 0.1) is 0 Å². The van der Waals surface area contributed by atoms with Gasteiger partial charge in [-0.05, 0) is 30.2 Å². The highest BCUT2D eigenvalue weighted by molar-refractivity contribution is 5.84. The molecule has 1 aromatic heterocycles. The van der Waals surface area contributed by atoms with Crippen molar-refractivity contribution in [3.63, 3.8) is 0 Å². The maximum atomic E-state index is 5.26. The first kappa shape index (κ1) is 10.0. The van der Waals surface area contributed by atoms with Crippen molar-refractivity contribution in [2.45, 2.75) is 6.42 Å². The van der Waals surface area contributed by atoms with E-state index in [0.717, 1.165) is 24.2 Å². The molecule has 2 rings (SSSR count). The smallest absolute Gasteiger partial charge is 0.119 e. The number of nitrogens with one attached hydrogen (secondary N) is 2. The van der Waals surface area contributed by atoms with Gasteiger partial charge < -0.3 is 9.72 Å². The molecule has 0 bridgehead atoms. The Morgan fingerprint density at radius 1 is 1.47 bits per heavy atom. The molecule has 0 unspecified atom stereocenters. The van der Waals surface area contributed by atoms with Gasteiger partial charge in [-0.25, -0.2) is 0 Å². The van der Waals surface area contributed by atoms with E-state index in [1.54, 1.807) is 7.11 Å². The molecule has 0 radical (unpaired) electrons. The molecule has 0 amide bonds. The van der Waals surface area contributed by atoms with Crippen molar-refractivity contribution in [3.05, 3.63) is 30.0 Å². The highest BCUT2D eigenvalue weighted by atomic mass is 16.5. The topological polar surface area (TPSA) is 63.1 Å². The summed E-state index contributed by atoms with van der Waals surface area (Å²) in [7, 11) is 1.68. The van der Waals surface area contributed by atoms with Crippen molar-refractivity contribution in [1.29, 1.82) is 0 Å². The van der Waals surface area contributed by atoms with Crippen molar-refractivity contribution in [3.8, 4) is 5.75 Å². The fourth-order valence-electron chi connectivity index (χ4n) is 1.70. The van der Waals surface area contributed by atoms with Crippen LogP contribution in [0.4, 0.5) is 0 Å². The Balaban J connectivity index is 2.38. The monoisotopic (exact) mass is 205 g/mol. The first-order valence-corrected chi connectivity index (χ1v) is 4.92. The van der Waals surface area contributed by atoms with Crippen LogP contribution in [-0.2, 0) is 6.42 Å². The third-order valence-corrected chi connectivity index (χ3v) is 2.51. The number of hydrogen-bond donors (Lipinski definition) is 3. The van der Waals surface area contributed by atoms with E-state index < -0.39 is 0 Å². The van der Waals surface area contributed by atoms with Gasteiger partial charge in [0.1, 0.15) is 5.75 Å². The molecule has 80 valence electrons. The molecule has 0 aliphatic carbocycles. The first-order chi connectivity index (χ1) is 7.35. The van der Waals surface area contributed by atoms with Crippen LogP contribution in [-0.4, -0.2) is 18.6 Å². The fraction of sp³-hybridized carbons (Fsp3) is 0.273. The Morgan fingerprint density at radius 3 is 3.07 bits per heavy atom. The predicted molar refractivity (Wildman–Crippen MR) is 60.7 cm³/mol. The molecule has 2 aromatic rings. The number of aromatic nitrogens is 1. The molecule has 1 aromatic carbocycles. The van der Waals surface area contributed by atoms with E-state index in [1.165, 1.54) is 10.9 Å². The number of aromatic amines is 1. The summed E-state index contributed by atoms with van der Waals surface area (Å²) in [6.45, 7) is 0.768. The summed E-state index contributed by atoms with van der Waals surface area (Å²) in [6, 6.07) is 6.01. The van der Waals surface area contributed by atoms with Gasteiger partial charge in [0.2, 0.25) is 0 Å². The maximum absolute atomic E-state index is 5.26. The second kappa shape index (κ2) is 4.33. The van der Waals surface area contributed by atoms with Gasteiger partial charge in [0.25, 0.3) is 0 Å². The molecular weight excluding hydrogens is 190 g/mol. The highest BCUT2D eigenvalue weighted by Gasteiger charge is 2.04. The van der Waals surface area contributed by atoms with E-state index in [9.17, 15) is 0 Å². The van der Waals surface area contributed by atoms with Crippen molar-refractivity contribution in [2.24, 2.45) is 5.84 Å². The zero-order chi connectivity index (χ0) is 10.7. The summed E-state index contributed by atoms with van der Waals surface area (Å²) < 4.78 is 5.20. The van der Waals surface area contributed by atoms with Crippen LogP contribution in [0.1, 0.15) is 5.56 Å². The van der Waals surface area contributed by atoms with Crippen molar-refractivity contribution < 1.29 is 4.74 Å². The number of methoxy groups -OCH3 is 1. The van der Waals surface area contributed by atoms with Crippen LogP contribution < -0.4 is 16.0 Å². The molecular formula is C11H15N3O. The van der Waals surface area contributed by atoms with Gasteiger partial charge in [-0.1, -0.05) is 0 Å². The molecule has 4 N–H and O–H groups in total. The summed E-state index contributed by atoms with van der Waals surface area (Å²) in [4.78, 5) is 3.22. The summed E-state index contributed by atoms with van der Waals surface area (Å²) in [5.41, 5.74) is 5.03. The third-order valence-electron chi connectivity index (χ3n) is 2.51. The Hall–Kier alpha value is -1.52. The minimum Gasteiger partial charge on any atom is -0.497 e. The van der Waals surface area contributed by atoms with Crippen molar-refractivity contribution in [1.82, 2.24) is 10.4 Å². The number of fused-ring (bicyclic) bond motifs is 1. The predicted octanol–water partition coefficient (Wildman–Crippen LogP) is 1.18. The maximum Gasteiger partial charge on any atom is 0.119 e. The molecule has 4 heteroatoms. The number of rotatable bonds is 4. The summed E-state index contributed by atoms with van der Waals surface area (Å²) in [5, 5.41) is 1.20. The Kier molecular flexibility index (Phi) is 2.89. The zero-order valence-corrected chi connectivity index (χ0v) is 8.71. The van der Waals surface area contributed by atoms with Gasteiger partial charge in [-0.3, -0.25) is 11.3 Å². The van der Waals surface area contributed by atoms with E-state index in [-0.39, 0.29) is 0 Å². The number of H-pyrrole nitrogens is 1. The standard InChI is InChI=1S/C11H15N3O/c1-15-9-2-3-11-10(6-9)8(7-13-11)4-5-14-12/h2-3,6-7,13-14H,4-5,12H2,1H3. The van der Waals surface area contributed by atoms with E-state index in [4.69, 9.17) is 10.6 Å². The third kappa shape index (κ3) is 1.95. The Labute approximate surface area is 88.4 Å². The number of benzene rings is 1. The SMILES string of the molecule is COc1ccc2[nH]cc(CCNN)c2c1. The molecule has 0 aliphatic rings. The number of nitrogens with two attached hydrogens (primary N) is 1. The number of hydrogen-bond acceptors (Lipinski definition) is 3. The van der Waals surface area contributed by atoms with Gasteiger partial charge in [0, 0.05) is 23.6 Å². The summed E-state index contributed by atoms with van der Waals surface area (Å²) >= 11 is 0. The van der Waals surface area contributed by atoms with Crippen molar-refractivity contribution in [2.75, 3.05) is 13.7 Å². The van der Waals surface area contributed by atoms with E-state index in [2.05, 4.69) is 10.4 Å². The lowest BCUT2D eigenvalue weighted by Crippen LogP contribution is -2.24. The van der Waals surface area contributed by atoms with Gasteiger partial charge in [0.15, 0.2) is 0 Å². The minimum absolute atomic E-state index is 0.768. The van der Waals surface area contributed by atoms with E-state index in [0.29, 0.717) is 0 Å². The lowest BCUT2D eigenvalue weighted by Gasteiger charge is -2.01. The first-order valence-electron chi connectivity index (χ1n) is 4.92. The average molecular weight is 205 g/mol. The molecule has 0 spiro atoms. The second-order valence-corrected chi connectivity index (χ2v) is 3.43. The van der Waals surface area contributed by atoms with E-state index in [1.807, 2.05) is 24.4 Å². The van der Waals surface area contributed by atoms with Crippen molar-refractivity contribution >= 4 is 10.9 Å². The highest BCUT2D eigenvalue weighted by Crippen LogP contribution is 2.23. The Morgan fingerprint density at radius 2 is 2.33 bits per heavy atom. The normalized spacial score (nSPS) is 10.8. The van der Waals surface area contributed by atoms with Gasteiger partial charge in [-0.2, -0.15) is 0 Å². The number of hydrazine groups is 1. The number of ether oxygens (including phenoxy) is 1. The largest absolute Gasteiger partial charge is 0.497 e. The fourth-order valence-corrected chi connectivity index (χ4v) is 1.70. The van der Waals surface area contributed by atoms with Crippen LogP contribution in [0.5, 0.6) is 5.75 Å². The van der Waals surface area contributed by atoms with Crippen LogP contribution >= 0.6 is 0 Å². The molecule has 0 aliphatic heterocycles. The van der Waals surface area contributed by atoms with Crippen LogP contribution in [0.25, 0.3) is 10.9 Å².